The van der Waals surface area contributed by atoms with Gasteiger partial charge in [-0.25, -0.2) is 0 Å². The fourth-order valence-electron chi connectivity index (χ4n) is 2.06. The normalized spacial score (nSPS) is 17.0. The van der Waals surface area contributed by atoms with Gasteiger partial charge in [0.1, 0.15) is 11.3 Å². The van der Waals surface area contributed by atoms with Crippen molar-refractivity contribution in [1.82, 2.24) is 10.2 Å². The van der Waals surface area contributed by atoms with E-state index in [1.54, 1.807) is 25.1 Å². The van der Waals surface area contributed by atoms with E-state index in [9.17, 15) is 9.59 Å². The van der Waals surface area contributed by atoms with Gasteiger partial charge in [0.15, 0.2) is 5.11 Å². The Kier molecular flexibility index (Phi) is 5.15. The lowest BCUT2D eigenvalue weighted by atomic mass is 10.1. The summed E-state index contributed by atoms with van der Waals surface area (Å²) >= 11 is 11.0. The molecule has 0 radical (unpaired) electrons. The number of rotatable bonds is 4. The van der Waals surface area contributed by atoms with Crippen LogP contribution in [0.15, 0.2) is 23.8 Å². The third-order valence-electron chi connectivity index (χ3n) is 3.07. The largest absolute Gasteiger partial charge is 0.493 e. The topological polar surface area (TPSA) is 58.6 Å². The highest BCUT2D eigenvalue weighted by Gasteiger charge is 2.32. The first-order valence-electron chi connectivity index (χ1n) is 6.79. The molecule has 0 atom stereocenters. The van der Waals surface area contributed by atoms with Crippen molar-refractivity contribution >= 4 is 46.8 Å². The first-order valence-corrected chi connectivity index (χ1v) is 7.57. The minimum atomic E-state index is -0.526. The highest BCUT2D eigenvalue weighted by atomic mass is 35.5. The van der Waals surface area contributed by atoms with Crippen LogP contribution in [0.3, 0.4) is 0 Å². The molecule has 5 nitrogen and oxygen atoms in total. The fraction of sp³-hybridized carbons (Fsp3) is 0.267. The fourth-order valence-corrected chi connectivity index (χ4v) is 2.54. The first kappa shape index (κ1) is 16.5. The Bertz CT molecular complexity index is 673. The van der Waals surface area contributed by atoms with Crippen LogP contribution in [-0.2, 0) is 9.59 Å². The number of nitrogens with zero attached hydrogens (tertiary/aromatic N) is 1. The lowest BCUT2D eigenvalue weighted by Gasteiger charge is -2.27. The first-order chi connectivity index (χ1) is 10.5. The van der Waals surface area contributed by atoms with Crippen LogP contribution in [0.1, 0.15) is 19.4 Å². The van der Waals surface area contributed by atoms with Gasteiger partial charge in [-0.15, -0.1) is 0 Å². The molecule has 0 bridgehead atoms. The lowest BCUT2D eigenvalue weighted by molar-refractivity contribution is -0.128. The molecule has 1 aromatic carbocycles. The Morgan fingerprint density at radius 2 is 2.09 bits per heavy atom. The van der Waals surface area contributed by atoms with E-state index < -0.39 is 11.8 Å². The maximum atomic E-state index is 12.4. The van der Waals surface area contributed by atoms with Crippen molar-refractivity contribution in [2.75, 3.05) is 13.2 Å². The zero-order chi connectivity index (χ0) is 16.3. The van der Waals surface area contributed by atoms with Crippen molar-refractivity contribution in [3.8, 4) is 5.75 Å². The maximum Gasteiger partial charge on any atom is 0.265 e. The Labute approximate surface area is 138 Å². The van der Waals surface area contributed by atoms with E-state index in [2.05, 4.69) is 5.32 Å². The molecule has 7 heteroatoms. The molecule has 22 heavy (non-hydrogen) atoms. The molecular formula is C15H15ClN2O3S. The molecule has 1 aliphatic heterocycles. The predicted molar refractivity (Wildman–Crippen MR) is 88.7 cm³/mol. The lowest BCUT2D eigenvalue weighted by Crippen LogP contribution is -2.53. The second-order valence-electron chi connectivity index (χ2n) is 4.48. The molecule has 0 unspecified atom stereocenters. The summed E-state index contributed by atoms with van der Waals surface area (Å²) in [6.45, 7) is 4.47. The molecule has 0 aromatic heterocycles. The zero-order valence-electron chi connectivity index (χ0n) is 12.2. The van der Waals surface area contributed by atoms with Crippen molar-refractivity contribution in [3.63, 3.8) is 0 Å². The van der Waals surface area contributed by atoms with Gasteiger partial charge >= 0.3 is 0 Å². The quantitative estimate of drug-likeness (QED) is 0.520. The summed E-state index contributed by atoms with van der Waals surface area (Å²) in [5, 5.41) is 3.11. The van der Waals surface area contributed by atoms with E-state index in [1.807, 2.05) is 6.92 Å². The van der Waals surface area contributed by atoms with Crippen LogP contribution < -0.4 is 10.1 Å². The molecule has 2 amide bonds. The van der Waals surface area contributed by atoms with Crippen molar-refractivity contribution in [2.45, 2.75) is 13.8 Å². The number of amides is 2. The van der Waals surface area contributed by atoms with Crippen LogP contribution in [-0.4, -0.2) is 35.0 Å². The number of likely N-dealkylation sites (N-methyl/N-ethyl adjacent to an activating group) is 1. The third-order valence-corrected chi connectivity index (χ3v) is 3.63. The number of hydrogen-bond donors (Lipinski definition) is 1. The molecule has 1 N–H and O–H groups in total. The summed E-state index contributed by atoms with van der Waals surface area (Å²) in [5.74, 6) is -0.406. The molecule has 0 spiro atoms. The number of benzene rings is 1. The summed E-state index contributed by atoms with van der Waals surface area (Å²) in [7, 11) is 0. The van der Waals surface area contributed by atoms with Gasteiger partial charge in [0, 0.05) is 17.1 Å². The summed E-state index contributed by atoms with van der Waals surface area (Å²) < 4.78 is 5.49. The maximum absolute atomic E-state index is 12.4. The van der Waals surface area contributed by atoms with Gasteiger partial charge in [-0.2, -0.15) is 0 Å². The minimum Gasteiger partial charge on any atom is -0.493 e. The molecule has 116 valence electrons. The molecule has 2 rings (SSSR count). The van der Waals surface area contributed by atoms with Gasteiger partial charge in [0.25, 0.3) is 11.8 Å². The molecule has 1 aromatic rings. The number of carbonyl (C=O) groups excluding carboxylic acids is 2. The van der Waals surface area contributed by atoms with Crippen LogP contribution in [0.5, 0.6) is 5.75 Å². The standard InChI is InChI=1S/C15H15ClN2O3S/c1-3-18-14(20)11(13(19)17-15(18)22)8-9-7-10(16)5-6-12(9)21-4-2/h5-8H,3-4H2,1-2H3,(H,17,19,22)/b11-8-. The summed E-state index contributed by atoms with van der Waals surface area (Å²) in [6, 6.07) is 5.03. The Morgan fingerprint density at radius 1 is 1.36 bits per heavy atom. The second kappa shape index (κ2) is 6.89. The van der Waals surface area contributed by atoms with E-state index in [-0.39, 0.29) is 10.7 Å². The third kappa shape index (κ3) is 3.28. The molecule has 1 saturated heterocycles. The number of thiocarbonyl (C=S) groups is 1. The second-order valence-corrected chi connectivity index (χ2v) is 5.30. The van der Waals surface area contributed by atoms with Crippen molar-refractivity contribution in [1.29, 1.82) is 0 Å². The van der Waals surface area contributed by atoms with Gasteiger partial charge in [0.05, 0.1) is 6.61 Å². The van der Waals surface area contributed by atoms with Gasteiger partial charge in [0.2, 0.25) is 0 Å². The Balaban J connectivity index is 2.47. The SMILES string of the molecule is CCOc1ccc(Cl)cc1/C=C1/C(=O)NC(=S)N(CC)C1=O. The average Bonchev–Trinajstić information content (AvgIpc) is 2.46. The van der Waals surface area contributed by atoms with Crippen LogP contribution in [0.4, 0.5) is 0 Å². The molecule has 0 saturated carbocycles. The molecule has 1 fully saturated rings. The van der Waals surface area contributed by atoms with Crippen molar-refractivity contribution in [2.24, 2.45) is 0 Å². The summed E-state index contributed by atoms with van der Waals surface area (Å²) in [6.07, 6.45) is 1.47. The molecule has 1 heterocycles. The van der Waals surface area contributed by atoms with Gasteiger partial charge < -0.3 is 4.74 Å². The monoisotopic (exact) mass is 338 g/mol. The highest BCUT2D eigenvalue weighted by molar-refractivity contribution is 7.80. The van der Waals surface area contributed by atoms with E-state index in [0.717, 1.165) is 0 Å². The minimum absolute atomic E-state index is 0.00123. The summed E-state index contributed by atoms with van der Waals surface area (Å²) in [5.41, 5.74) is 0.565. The zero-order valence-corrected chi connectivity index (χ0v) is 13.8. The van der Waals surface area contributed by atoms with Crippen LogP contribution in [0.25, 0.3) is 6.08 Å². The number of hydrogen-bond acceptors (Lipinski definition) is 4. The van der Waals surface area contributed by atoms with E-state index >= 15 is 0 Å². The Morgan fingerprint density at radius 3 is 2.73 bits per heavy atom. The summed E-state index contributed by atoms with van der Waals surface area (Å²) in [4.78, 5) is 25.7. The highest BCUT2D eigenvalue weighted by Crippen LogP contribution is 2.26. The number of ether oxygens (including phenoxy) is 1. The van der Waals surface area contributed by atoms with Gasteiger partial charge in [-0.3, -0.25) is 19.8 Å². The van der Waals surface area contributed by atoms with Crippen LogP contribution in [0.2, 0.25) is 5.02 Å². The molecule has 0 aliphatic carbocycles. The number of nitrogens with one attached hydrogen (secondary N) is 1. The van der Waals surface area contributed by atoms with Crippen molar-refractivity contribution < 1.29 is 14.3 Å². The average molecular weight is 339 g/mol. The van der Waals surface area contributed by atoms with E-state index in [4.69, 9.17) is 28.6 Å². The van der Waals surface area contributed by atoms with Gasteiger partial charge in [-0.1, -0.05) is 11.6 Å². The van der Waals surface area contributed by atoms with E-state index in [0.29, 0.717) is 29.5 Å². The van der Waals surface area contributed by atoms with Crippen LogP contribution in [0, 0.1) is 0 Å². The van der Waals surface area contributed by atoms with Crippen molar-refractivity contribution in [3.05, 3.63) is 34.4 Å². The number of carbonyl (C=O) groups is 2. The molecular weight excluding hydrogens is 324 g/mol. The predicted octanol–water partition coefficient (Wildman–Crippen LogP) is 2.39. The molecule has 1 aliphatic rings. The van der Waals surface area contributed by atoms with Crippen LogP contribution >= 0.6 is 23.8 Å². The Hall–Kier alpha value is -1.92. The van der Waals surface area contributed by atoms with Gasteiger partial charge in [-0.05, 0) is 50.3 Å². The van der Waals surface area contributed by atoms with E-state index in [1.165, 1.54) is 11.0 Å². The number of halogens is 1. The smallest absolute Gasteiger partial charge is 0.265 e.